The van der Waals surface area contributed by atoms with Gasteiger partial charge in [0, 0.05) is 23.7 Å². The van der Waals surface area contributed by atoms with Crippen LogP contribution in [0.1, 0.15) is 30.5 Å². The molecule has 0 N–H and O–H groups in total. The summed E-state index contributed by atoms with van der Waals surface area (Å²) in [6.07, 6.45) is 4.19. The molecule has 106 valence electrons. The zero-order valence-electron chi connectivity index (χ0n) is 10.8. The molecule has 0 unspecified atom stereocenters. The molecule has 0 fully saturated rings. The van der Waals surface area contributed by atoms with Crippen LogP contribution in [0, 0.1) is 0 Å². The SMILES string of the molecule is FC(F)CN(CCCl)c1ncnc2c1CCCCC2. The van der Waals surface area contributed by atoms with Gasteiger partial charge < -0.3 is 4.90 Å². The van der Waals surface area contributed by atoms with Crippen molar-refractivity contribution in [1.29, 1.82) is 0 Å². The third-order valence-corrected chi connectivity index (χ3v) is 3.53. The second-order valence-corrected chi connectivity index (χ2v) is 5.09. The molecule has 0 aliphatic heterocycles. The molecule has 1 aliphatic rings. The average Bonchev–Trinajstić information content (AvgIpc) is 2.62. The van der Waals surface area contributed by atoms with E-state index in [4.69, 9.17) is 11.6 Å². The van der Waals surface area contributed by atoms with Gasteiger partial charge in [-0.3, -0.25) is 0 Å². The van der Waals surface area contributed by atoms with E-state index in [1.807, 2.05) is 0 Å². The van der Waals surface area contributed by atoms with Crippen molar-refractivity contribution < 1.29 is 8.78 Å². The largest absolute Gasteiger partial charge is 0.349 e. The molecule has 0 aromatic carbocycles. The van der Waals surface area contributed by atoms with Crippen LogP contribution in [0.3, 0.4) is 0 Å². The second kappa shape index (κ2) is 6.98. The molecule has 0 saturated heterocycles. The lowest BCUT2D eigenvalue weighted by Crippen LogP contribution is -2.32. The Labute approximate surface area is 117 Å². The zero-order valence-corrected chi connectivity index (χ0v) is 11.5. The van der Waals surface area contributed by atoms with Gasteiger partial charge >= 0.3 is 0 Å². The molecule has 0 saturated carbocycles. The molecule has 0 bridgehead atoms. The molecular formula is C13H18ClF2N3. The maximum absolute atomic E-state index is 12.7. The Morgan fingerprint density at radius 2 is 2.00 bits per heavy atom. The normalized spacial score (nSPS) is 15.2. The van der Waals surface area contributed by atoms with Crippen LogP contribution in [0.5, 0.6) is 0 Å². The summed E-state index contributed by atoms with van der Waals surface area (Å²) < 4.78 is 25.4. The summed E-state index contributed by atoms with van der Waals surface area (Å²) in [5.74, 6) is 0.957. The first-order valence-electron chi connectivity index (χ1n) is 6.64. The maximum atomic E-state index is 12.7. The maximum Gasteiger partial charge on any atom is 0.255 e. The highest BCUT2D eigenvalue weighted by atomic mass is 35.5. The number of nitrogens with zero attached hydrogens (tertiary/aromatic N) is 3. The van der Waals surface area contributed by atoms with Crippen molar-refractivity contribution in [2.75, 3.05) is 23.9 Å². The molecule has 1 aromatic rings. The fourth-order valence-corrected chi connectivity index (χ4v) is 2.71. The molecule has 0 amide bonds. The minimum absolute atomic E-state index is 0.311. The minimum Gasteiger partial charge on any atom is -0.349 e. The van der Waals surface area contributed by atoms with Crippen molar-refractivity contribution in [2.45, 2.75) is 38.5 Å². The van der Waals surface area contributed by atoms with E-state index in [9.17, 15) is 8.78 Å². The van der Waals surface area contributed by atoms with Gasteiger partial charge in [-0.1, -0.05) is 6.42 Å². The van der Waals surface area contributed by atoms with Gasteiger partial charge in [0.1, 0.15) is 12.1 Å². The lowest BCUT2D eigenvalue weighted by atomic mass is 10.1. The fourth-order valence-electron chi connectivity index (χ4n) is 2.51. The van der Waals surface area contributed by atoms with Gasteiger partial charge in [-0.2, -0.15) is 0 Å². The predicted octanol–water partition coefficient (Wildman–Crippen LogP) is 3.06. The Kier molecular flexibility index (Phi) is 5.31. The third-order valence-electron chi connectivity index (χ3n) is 3.36. The number of alkyl halides is 3. The van der Waals surface area contributed by atoms with E-state index >= 15 is 0 Å². The smallest absolute Gasteiger partial charge is 0.255 e. The van der Waals surface area contributed by atoms with E-state index in [1.54, 1.807) is 4.90 Å². The highest BCUT2D eigenvalue weighted by Gasteiger charge is 2.20. The van der Waals surface area contributed by atoms with Crippen LogP contribution in [-0.4, -0.2) is 35.4 Å². The topological polar surface area (TPSA) is 29.0 Å². The molecule has 2 rings (SSSR count). The average molecular weight is 290 g/mol. The van der Waals surface area contributed by atoms with Gasteiger partial charge in [0.2, 0.25) is 0 Å². The van der Waals surface area contributed by atoms with Gasteiger partial charge in [0.25, 0.3) is 6.43 Å². The van der Waals surface area contributed by atoms with E-state index < -0.39 is 6.43 Å². The highest BCUT2D eigenvalue weighted by Crippen LogP contribution is 2.26. The number of fused-ring (bicyclic) bond motifs is 1. The first-order chi connectivity index (χ1) is 9.22. The van der Waals surface area contributed by atoms with E-state index in [1.165, 1.54) is 6.33 Å². The number of aromatic nitrogens is 2. The molecule has 1 heterocycles. The van der Waals surface area contributed by atoms with Gasteiger partial charge in [-0.25, -0.2) is 18.7 Å². The Morgan fingerprint density at radius 1 is 1.21 bits per heavy atom. The summed E-state index contributed by atoms with van der Waals surface area (Å²) >= 11 is 5.72. The van der Waals surface area contributed by atoms with Crippen molar-refractivity contribution in [2.24, 2.45) is 0 Å². The van der Waals surface area contributed by atoms with Crippen LogP contribution in [-0.2, 0) is 12.8 Å². The summed E-state index contributed by atoms with van der Waals surface area (Å²) in [6.45, 7) is 0.0610. The first-order valence-corrected chi connectivity index (χ1v) is 7.17. The molecule has 19 heavy (non-hydrogen) atoms. The molecule has 6 heteroatoms. The van der Waals surface area contributed by atoms with E-state index in [0.717, 1.165) is 43.4 Å². The monoisotopic (exact) mass is 289 g/mol. The predicted molar refractivity (Wildman–Crippen MR) is 72.2 cm³/mol. The summed E-state index contributed by atoms with van der Waals surface area (Å²) in [7, 11) is 0. The van der Waals surface area contributed by atoms with Crippen molar-refractivity contribution in [3.63, 3.8) is 0 Å². The number of halogens is 3. The Hall–Kier alpha value is -0.970. The standard InChI is InChI=1S/C13H18ClF2N3/c14-6-7-19(8-12(15)16)13-10-4-2-1-3-5-11(10)17-9-18-13/h9,12H,1-8H2. The molecular weight excluding hydrogens is 272 g/mol. The quantitative estimate of drug-likeness (QED) is 0.616. The van der Waals surface area contributed by atoms with Crippen LogP contribution in [0.25, 0.3) is 0 Å². The lowest BCUT2D eigenvalue weighted by Gasteiger charge is -2.25. The van der Waals surface area contributed by atoms with Crippen LogP contribution in [0.4, 0.5) is 14.6 Å². The van der Waals surface area contributed by atoms with Gasteiger partial charge in [-0.15, -0.1) is 11.6 Å². The van der Waals surface area contributed by atoms with E-state index in [2.05, 4.69) is 9.97 Å². The first kappa shape index (κ1) is 14.4. The fraction of sp³-hybridized carbons (Fsp3) is 0.692. The molecule has 0 spiro atoms. The number of anilines is 1. The molecule has 1 aliphatic carbocycles. The Morgan fingerprint density at radius 3 is 2.74 bits per heavy atom. The van der Waals surface area contributed by atoms with Gasteiger partial charge in [0.15, 0.2) is 0 Å². The Bertz CT molecular complexity index is 415. The molecule has 0 radical (unpaired) electrons. The number of rotatable bonds is 5. The van der Waals surface area contributed by atoms with Crippen molar-refractivity contribution >= 4 is 17.4 Å². The Balaban J connectivity index is 2.30. The molecule has 1 aromatic heterocycles. The van der Waals surface area contributed by atoms with Crippen molar-refractivity contribution in [3.05, 3.63) is 17.6 Å². The zero-order chi connectivity index (χ0) is 13.7. The van der Waals surface area contributed by atoms with Crippen LogP contribution >= 0.6 is 11.6 Å². The minimum atomic E-state index is -2.39. The van der Waals surface area contributed by atoms with Crippen LogP contribution < -0.4 is 4.90 Å². The summed E-state index contributed by atoms with van der Waals surface area (Å²) in [5, 5.41) is 0. The van der Waals surface area contributed by atoms with Crippen LogP contribution in [0.2, 0.25) is 0 Å². The summed E-state index contributed by atoms with van der Waals surface area (Å²) in [5.41, 5.74) is 2.04. The highest BCUT2D eigenvalue weighted by molar-refractivity contribution is 6.18. The van der Waals surface area contributed by atoms with Crippen molar-refractivity contribution in [3.8, 4) is 0 Å². The molecule has 0 atom stereocenters. The lowest BCUT2D eigenvalue weighted by molar-refractivity contribution is 0.155. The molecule has 3 nitrogen and oxygen atoms in total. The van der Waals surface area contributed by atoms with Crippen LogP contribution in [0.15, 0.2) is 6.33 Å². The number of hydrogen-bond donors (Lipinski definition) is 0. The summed E-state index contributed by atoms with van der Waals surface area (Å²) in [4.78, 5) is 10.1. The second-order valence-electron chi connectivity index (χ2n) is 4.71. The van der Waals surface area contributed by atoms with Crippen molar-refractivity contribution in [1.82, 2.24) is 9.97 Å². The summed E-state index contributed by atoms with van der Waals surface area (Å²) in [6, 6.07) is 0. The van der Waals surface area contributed by atoms with Gasteiger partial charge in [0.05, 0.1) is 6.54 Å². The van der Waals surface area contributed by atoms with E-state index in [0.29, 0.717) is 18.2 Å². The van der Waals surface area contributed by atoms with Gasteiger partial charge in [-0.05, 0) is 25.7 Å². The number of hydrogen-bond acceptors (Lipinski definition) is 3. The van der Waals surface area contributed by atoms with E-state index in [-0.39, 0.29) is 6.54 Å². The third kappa shape index (κ3) is 3.75. The number of aryl methyl sites for hydroxylation is 1.